The number of rotatable bonds is 3. The van der Waals surface area contributed by atoms with E-state index in [2.05, 4.69) is 30.7 Å². The Hall–Kier alpha value is -0.830. The van der Waals surface area contributed by atoms with E-state index in [1.807, 2.05) is 0 Å². The van der Waals surface area contributed by atoms with Crippen LogP contribution >= 0.6 is 11.6 Å². The van der Waals surface area contributed by atoms with Crippen LogP contribution in [0.1, 0.15) is 39.4 Å². The minimum absolute atomic E-state index is 0.109. The summed E-state index contributed by atoms with van der Waals surface area (Å²) in [4.78, 5) is 8.61. The molecule has 0 aromatic carbocycles. The molecule has 1 fully saturated rings. The lowest BCUT2D eigenvalue weighted by molar-refractivity contribution is 0.285. The quantitative estimate of drug-likeness (QED) is 0.761. The SMILES string of the molecule is CC(C)(C)c1nc(Cl)cc(OCC2CC2)n1. The summed E-state index contributed by atoms with van der Waals surface area (Å²) in [5, 5.41) is 0.450. The second-order valence-corrected chi connectivity index (χ2v) is 5.74. The summed E-state index contributed by atoms with van der Waals surface area (Å²) >= 11 is 5.96. The zero-order valence-corrected chi connectivity index (χ0v) is 10.7. The molecule has 0 spiro atoms. The molecule has 0 amide bonds. The van der Waals surface area contributed by atoms with Crippen molar-refractivity contribution in [2.75, 3.05) is 6.61 Å². The third-order valence-corrected chi connectivity index (χ3v) is 2.70. The lowest BCUT2D eigenvalue weighted by Gasteiger charge is -2.17. The zero-order chi connectivity index (χ0) is 11.8. The Morgan fingerprint density at radius 2 is 2.06 bits per heavy atom. The van der Waals surface area contributed by atoms with Crippen LogP contribution in [0.15, 0.2) is 6.07 Å². The van der Waals surface area contributed by atoms with E-state index in [0.29, 0.717) is 17.0 Å². The van der Waals surface area contributed by atoms with Gasteiger partial charge in [0.15, 0.2) is 0 Å². The van der Waals surface area contributed by atoms with Crippen LogP contribution in [0.25, 0.3) is 0 Å². The second kappa shape index (κ2) is 4.21. The maximum absolute atomic E-state index is 5.96. The fraction of sp³-hybridized carbons (Fsp3) is 0.667. The Balaban J connectivity index is 2.14. The fourth-order valence-electron chi connectivity index (χ4n) is 1.29. The van der Waals surface area contributed by atoms with Crippen molar-refractivity contribution in [2.24, 2.45) is 5.92 Å². The molecule has 0 unspecified atom stereocenters. The molecule has 1 saturated carbocycles. The van der Waals surface area contributed by atoms with Crippen molar-refractivity contribution in [3.8, 4) is 5.88 Å². The summed E-state index contributed by atoms with van der Waals surface area (Å²) in [6, 6.07) is 1.68. The molecule has 0 atom stereocenters. The number of aromatic nitrogens is 2. The average molecular weight is 241 g/mol. The number of hydrogen-bond donors (Lipinski definition) is 0. The molecule has 0 N–H and O–H groups in total. The zero-order valence-electron chi connectivity index (χ0n) is 9.96. The summed E-state index contributed by atoms with van der Waals surface area (Å²) < 4.78 is 5.61. The van der Waals surface area contributed by atoms with Gasteiger partial charge in [-0.3, -0.25) is 0 Å². The van der Waals surface area contributed by atoms with Crippen LogP contribution in [-0.2, 0) is 5.41 Å². The Morgan fingerprint density at radius 1 is 1.38 bits per heavy atom. The van der Waals surface area contributed by atoms with Gasteiger partial charge in [0.1, 0.15) is 11.0 Å². The van der Waals surface area contributed by atoms with E-state index in [1.165, 1.54) is 12.8 Å². The Kier molecular flexibility index (Phi) is 3.06. The summed E-state index contributed by atoms with van der Waals surface area (Å²) in [7, 11) is 0. The molecule has 3 nitrogen and oxygen atoms in total. The van der Waals surface area contributed by atoms with Gasteiger partial charge in [-0.1, -0.05) is 32.4 Å². The highest BCUT2D eigenvalue weighted by molar-refractivity contribution is 6.29. The minimum atomic E-state index is -0.109. The van der Waals surface area contributed by atoms with Crippen LogP contribution in [0.5, 0.6) is 5.88 Å². The summed E-state index contributed by atoms with van der Waals surface area (Å²) in [5.74, 6) is 2.04. The average Bonchev–Trinajstić information content (AvgIpc) is 2.96. The molecule has 4 heteroatoms. The molecule has 0 aliphatic heterocycles. The van der Waals surface area contributed by atoms with Gasteiger partial charge in [-0.2, -0.15) is 4.98 Å². The van der Waals surface area contributed by atoms with Crippen molar-refractivity contribution in [3.05, 3.63) is 17.0 Å². The number of halogens is 1. The van der Waals surface area contributed by atoms with Crippen LogP contribution in [-0.4, -0.2) is 16.6 Å². The third kappa shape index (κ3) is 3.08. The summed E-state index contributed by atoms with van der Waals surface area (Å²) in [5.41, 5.74) is -0.109. The van der Waals surface area contributed by atoms with E-state index >= 15 is 0 Å². The van der Waals surface area contributed by atoms with Crippen LogP contribution in [0.2, 0.25) is 5.15 Å². The second-order valence-electron chi connectivity index (χ2n) is 5.36. The van der Waals surface area contributed by atoms with E-state index in [-0.39, 0.29) is 5.41 Å². The van der Waals surface area contributed by atoms with Crippen LogP contribution in [0, 0.1) is 5.92 Å². The first-order valence-electron chi connectivity index (χ1n) is 5.63. The molecule has 1 heterocycles. The van der Waals surface area contributed by atoms with Gasteiger partial charge in [0, 0.05) is 11.5 Å². The molecule has 1 aromatic heterocycles. The van der Waals surface area contributed by atoms with E-state index in [0.717, 1.165) is 12.4 Å². The van der Waals surface area contributed by atoms with Gasteiger partial charge in [-0.05, 0) is 18.8 Å². The molecular formula is C12H17ClN2O. The maximum atomic E-state index is 5.96. The molecule has 2 rings (SSSR count). The highest BCUT2D eigenvalue weighted by Gasteiger charge is 2.23. The number of ether oxygens (including phenoxy) is 1. The number of nitrogens with zero attached hydrogens (tertiary/aromatic N) is 2. The third-order valence-electron chi connectivity index (χ3n) is 2.51. The van der Waals surface area contributed by atoms with Crippen molar-refractivity contribution in [3.63, 3.8) is 0 Å². The van der Waals surface area contributed by atoms with Crippen LogP contribution < -0.4 is 4.74 Å². The molecule has 0 bridgehead atoms. The van der Waals surface area contributed by atoms with Gasteiger partial charge < -0.3 is 4.74 Å². The number of hydrogen-bond acceptors (Lipinski definition) is 3. The highest BCUT2D eigenvalue weighted by atomic mass is 35.5. The first-order chi connectivity index (χ1) is 7.45. The lowest BCUT2D eigenvalue weighted by Crippen LogP contribution is -2.17. The maximum Gasteiger partial charge on any atom is 0.218 e. The first-order valence-corrected chi connectivity index (χ1v) is 6.01. The van der Waals surface area contributed by atoms with Crippen LogP contribution in [0.3, 0.4) is 0 Å². The van der Waals surface area contributed by atoms with Gasteiger partial charge in [0.05, 0.1) is 6.61 Å². The van der Waals surface area contributed by atoms with Gasteiger partial charge in [0.2, 0.25) is 5.88 Å². The highest BCUT2D eigenvalue weighted by Crippen LogP contribution is 2.30. The van der Waals surface area contributed by atoms with Gasteiger partial charge >= 0.3 is 0 Å². The topological polar surface area (TPSA) is 35.0 Å². The lowest BCUT2D eigenvalue weighted by atomic mass is 9.96. The molecule has 1 aliphatic rings. The Morgan fingerprint density at radius 3 is 2.62 bits per heavy atom. The Labute approximate surface area is 101 Å². The normalized spacial score (nSPS) is 16.2. The largest absolute Gasteiger partial charge is 0.477 e. The van der Waals surface area contributed by atoms with Crippen molar-refractivity contribution in [1.29, 1.82) is 0 Å². The molecule has 0 saturated heterocycles. The van der Waals surface area contributed by atoms with Crippen molar-refractivity contribution in [1.82, 2.24) is 9.97 Å². The molecule has 0 radical (unpaired) electrons. The van der Waals surface area contributed by atoms with Gasteiger partial charge in [-0.25, -0.2) is 4.98 Å². The van der Waals surface area contributed by atoms with Crippen molar-refractivity contribution < 1.29 is 4.74 Å². The van der Waals surface area contributed by atoms with E-state index < -0.39 is 0 Å². The predicted molar refractivity (Wildman–Crippen MR) is 64.0 cm³/mol. The van der Waals surface area contributed by atoms with Crippen molar-refractivity contribution >= 4 is 11.6 Å². The van der Waals surface area contributed by atoms with Crippen LogP contribution in [0.4, 0.5) is 0 Å². The molecule has 88 valence electrons. The monoisotopic (exact) mass is 240 g/mol. The molecule has 1 aliphatic carbocycles. The van der Waals surface area contributed by atoms with Gasteiger partial charge in [0.25, 0.3) is 0 Å². The molecular weight excluding hydrogens is 224 g/mol. The summed E-state index contributed by atoms with van der Waals surface area (Å²) in [6.07, 6.45) is 2.54. The van der Waals surface area contributed by atoms with Crippen molar-refractivity contribution in [2.45, 2.75) is 39.0 Å². The Bertz CT molecular complexity index is 383. The first kappa shape index (κ1) is 11.6. The smallest absolute Gasteiger partial charge is 0.218 e. The molecule has 1 aromatic rings. The molecule has 16 heavy (non-hydrogen) atoms. The fourth-order valence-corrected chi connectivity index (χ4v) is 1.47. The van der Waals surface area contributed by atoms with Gasteiger partial charge in [-0.15, -0.1) is 0 Å². The summed E-state index contributed by atoms with van der Waals surface area (Å²) in [6.45, 7) is 6.92. The van der Waals surface area contributed by atoms with E-state index in [9.17, 15) is 0 Å². The minimum Gasteiger partial charge on any atom is -0.477 e. The van der Waals surface area contributed by atoms with E-state index in [4.69, 9.17) is 16.3 Å². The predicted octanol–water partition coefficient (Wildman–Crippen LogP) is 3.22. The van der Waals surface area contributed by atoms with E-state index in [1.54, 1.807) is 6.07 Å². The standard InChI is InChI=1S/C12H17ClN2O/c1-12(2,3)11-14-9(13)6-10(15-11)16-7-8-4-5-8/h6,8H,4-5,7H2,1-3H3.